The molecule has 31 heavy (non-hydrogen) atoms. The average molecular weight is 436 g/mol. The van der Waals surface area contributed by atoms with Gasteiger partial charge in [0.05, 0.1) is 29.7 Å². The molecule has 0 unspecified atom stereocenters. The first-order valence-corrected chi connectivity index (χ1v) is 13.3. The van der Waals surface area contributed by atoms with E-state index in [2.05, 4.69) is 44.1 Å². The molecule has 1 aromatic carbocycles. The summed E-state index contributed by atoms with van der Waals surface area (Å²) >= 11 is 0. The van der Waals surface area contributed by atoms with Gasteiger partial charge in [0.25, 0.3) is 0 Å². The fourth-order valence-electron chi connectivity index (χ4n) is 3.20. The van der Waals surface area contributed by atoms with Crippen LogP contribution in [0, 0.1) is 0 Å². The predicted molar refractivity (Wildman–Crippen MR) is 125 cm³/mol. The Bertz CT molecular complexity index is 1240. The Morgan fingerprint density at radius 1 is 1.13 bits per heavy atom. The molecule has 0 saturated heterocycles. The normalized spacial score (nSPS) is 12.6. The minimum atomic E-state index is -1.87. The van der Waals surface area contributed by atoms with Crippen LogP contribution < -0.4 is 0 Å². The first-order chi connectivity index (χ1) is 14.5. The Hall–Kier alpha value is -2.97. The molecule has 1 N–H and O–H groups in total. The van der Waals surface area contributed by atoms with Gasteiger partial charge in [-0.2, -0.15) is 10.2 Å². The Balaban J connectivity index is 1.70. The van der Waals surface area contributed by atoms with Gasteiger partial charge >= 0.3 is 0 Å². The minimum absolute atomic E-state index is 0.141. The number of hydrogen-bond donors (Lipinski definition) is 1. The van der Waals surface area contributed by atoms with Gasteiger partial charge in [0.2, 0.25) is 0 Å². The van der Waals surface area contributed by atoms with E-state index in [0.29, 0.717) is 12.4 Å². The molecule has 0 aliphatic carbocycles. The summed E-state index contributed by atoms with van der Waals surface area (Å²) in [5, 5.41) is 20.4. The summed E-state index contributed by atoms with van der Waals surface area (Å²) in [5.74, 6) is 0.844. The Labute approximate surface area is 183 Å². The van der Waals surface area contributed by atoms with E-state index >= 15 is 0 Å². The maximum Gasteiger partial charge on any atom is 0.192 e. The van der Waals surface area contributed by atoms with Crippen LogP contribution in [-0.2, 0) is 18.1 Å². The van der Waals surface area contributed by atoms with E-state index in [0.717, 1.165) is 27.9 Å². The van der Waals surface area contributed by atoms with Gasteiger partial charge in [-0.15, -0.1) is 0 Å². The van der Waals surface area contributed by atoms with Gasteiger partial charge in [-0.25, -0.2) is 9.67 Å². The zero-order chi connectivity index (χ0) is 22.4. The number of aromatic nitrogens is 5. The van der Waals surface area contributed by atoms with Crippen molar-refractivity contribution in [2.45, 2.75) is 45.5 Å². The third-order valence-electron chi connectivity index (χ3n) is 6.06. The number of phenolic OH excluding ortho intramolecular Hbond substituents is 1. The number of aromatic hydroxyl groups is 1. The first kappa shape index (κ1) is 21.3. The second kappa shape index (κ2) is 7.62. The lowest BCUT2D eigenvalue weighted by Gasteiger charge is -2.36. The summed E-state index contributed by atoms with van der Waals surface area (Å²) in [6, 6.07) is 11.2. The molecule has 0 aliphatic heterocycles. The third kappa shape index (κ3) is 4.13. The highest BCUT2D eigenvalue weighted by atomic mass is 28.4. The molecule has 0 spiro atoms. The number of pyridine rings is 1. The lowest BCUT2D eigenvalue weighted by atomic mass is 10.1. The van der Waals surface area contributed by atoms with Crippen molar-refractivity contribution in [2.75, 3.05) is 0 Å². The van der Waals surface area contributed by atoms with Crippen molar-refractivity contribution in [1.82, 2.24) is 24.5 Å². The molecule has 0 radical (unpaired) electrons. The molecule has 8 heteroatoms. The molecule has 3 heterocycles. The Morgan fingerprint density at radius 3 is 2.58 bits per heavy atom. The molecular formula is C23H29N5O2Si. The Morgan fingerprint density at radius 2 is 1.90 bits per heavy atom. The molecule has 3 aromatic heterocycles. The molecule has 0 fully saturated rings. The summed E-state index contributed by atoms with van der Waals surface area (Å²) in [4.78, 5) is 4.78. The van der Waals surface area contributed by atoms with Crippen molar-refractivity contribution in [3.8, 4) is 22.8 Å². The van der Waals surface area contributed by atoms with E-state index in [4.69, 9.17) is 9.41 Å². The largest absolute Gasteiger partial charge is 0.508 e. The molecule has 0 bridgehead atoms. The van der Waals surface area contributed by atoms with Gasteiger partial charge in [0.15, 0.2) is 14.1 Å². The van der Waals surface area contributed by atoms with Crippen molar-refractivity contribution in [1.29, 1.82) is 0 Å². The molecule has 0 amide bonds. The maximum absolute atomic E-state index is 10.4. The summed E-state index contributed by atoms with van der Waals surface area (Å²) in [7, 11) is -0.000573. The van der Waals surface area contributed by atoms with Crippen molar-refractivity contribution in [3.05, 3.63) is 54.5 Å². The van der Waals surface area contributed by atoms with E-state index in [1.807, 2.05) is 37.5 Å². The van der Waals surface area contributed by atoms with Crippen LogP contribution in [0.3, 0.4) is 0 Å². The highest BCUT2D eigenvalue weighted by Crippen LogP contribution is 2.37. The predicted octanol–water partition coefficient (Wildman–Crippen LogP) is 5.05. The van der Waals surface area contributed by atoms with Crippen LogP contribution in [0.2, 0.25) is 18.1 Å². The highest BCUT2D eigenvalue weighted by molar-refractivity contribution is 6.74. The van der Waals surface area contributed by atoms with E-state index in [9.17, 15) is 5.11 Å². The first-order valence-electron chi connectivity index (χ1n) is 10.4. The lowest BCUT2D eigenvalue weighted by molar-refractivity contribution is 0.272. The fraction of sp³-hybridized carbons (Fsp3) is 0.348. The summed E-state index contributed by atoms with van der Waals surface area (Å²) in [6.07, 6.45) is 3.67. The van der Waals surface area contributed by atoms with Crippen LogP contribution >= 0.6 is 0 Å². The second-order valence-corrected chi connectivity index (χ2v) is 14.2. The number of fused-ring (bicyclic) bond motifs is 1. The van der Waals surface area contributed by atoms with E-state index in [1.54, 1.807) is 27.7 Å². The third-order valence-corrected chi connectivity index (χ3v) is 10.5. The average Bonchev–Trinajstić information content (AvgIpc) is 3.31. The van der Waals surface area contributed by atoms with Gasteiger partial charge in [-0.1, -0.05) is 26.8 Å². The monoisotopic (exact) mass is 435 g/mol. The lowest BCUT2D eigenvalue weighted by Crippen LogP contribution is -2.40. The van der Waals surface area contributed by atoms with Gasteiger partial charge in [-0.3, -0.25) is 4.68 Å². The van der Waals surface area contributed by atoms with Crippen LogP contribution in [0.5, 0.6) is 5.75 Å². The van der Waals surface area contributed by atoms with Crippen molar-refractivity contribution in [3.63, 3.8) is 0 Å². The van der Waals surface area contributed by atoms with Gasteiger partial charge < -0.3 is 9.53 Å². The SMILES string of the molecule is Cn1ccc(-c2cc(O)cc3c2cnn3-c2cccc(CO[Si](C)(C)C(C)(C)C)n2)n1. The number of hydrogen-bond acceptors (Lipinski definition) is 5. The van der Waals surface area contributed by atoms with Crippen LogP contribution in [0.25, 0.3) is 28.0 Å². The smallest absolute Gasteiger partial charge is 0.192 e. The standard InChI is InChI=1S/C23H29N5O2Si/c1-23(2,3)31(5,6)30-15-16-8-7-9-22(25-16)28-21-13-17(29)12-18(19(21)14-24-28)20-10-11-27(4)26-20/h7-14,29H,15H2,1-6H3. The van der Waals surface area contributed by atoms with Crippen molar-refractivity contribution in [2.24, 2.45) is 7.05 Å². The van der Waals surface area contributed by atoms with Gasteiger partial charge in [-0.05, 0) is 42.4 Å². The van der Waals surface area contributed by atoms with E-state index < -0.39 is 8.32 Å². The van der Waals surface area contributed by atoms with Crippen LogP contribution in [-0.4, -0.2) is 38.0 Å². The summed E-state index contributed by atoms with van der Waals surface area (Å²) < 4.78 is 9.82. The number of phenols is 1. The second-order valence-electron chi connectivity index (χ2n) is 9.39. The van der Waals surface area contributed by atoms with Gasteiger partial charge in [0.1, 0.15) is 5.75 Å². The molecule has 0 atom stereocenters. The molecule has 0 saturated carbocycles. The van der Waals surface area contributed by atoms with Crippen LogP contribution in [0.15, 0.2) is 48.8 Å². The van der Waals surface area contributed by atoms with Crippen LogP contribution in [0.1, 0.15) is 26.5 Å². The minimum Gasteiger partial charge on any atom is -0.508 e. The molecule has 162 valence electrons. The zero-order valence-electron chi connectivity index (χ0n) is 18.9. The molecule has 4 aromatic rings. The number of nitrogens with zero attached hydrogens (tertiary/aromatic N) is 5. The zero-order valence-corrected chi connectivity index (χ0v) is 19.9. The fourth-order valence-corrected chi connectivity index (χ4v) is 4.14. The molecule has 7 nitrogen and oxygen atoms in total. The maximum atomic E-state index is 10.4. The van der Waals surface area contributed by atoms with E-state index in [-0.39, 0.29) is 10.8 Å². The summed E-state index contributed by atoms with van der Waals surface area (Å²) in [6.45, 7) is 11.6. The number of aryl methyl sites for hydroxylation is 1. The van der Waals surface area contributed by atoms with Crippen molar-refractivity contribution >= 4 is 19.2 Å². The van der Waals surface area contributed by atoms with Crippen molar-refractivity contribution < 1.29 is 9.53 Å². The number of rotatable bonds is 5. The summed E-state index contributed by atoms with van der Waals surface area (Å²) in [5.41, 5.74) is 3.25. The molecular weight excluding hydrogens is 406 g/mol. The molecule has 0 aliphatic rings. The number of benzene rings is 1. The topological polar surface area (TPSA) is 78.0 Å². The molecule has 4 rings (SSSR count). The van der Waals surface area contributed by atoms with Gasteiger partial charge in [0, 0.05) is 30.3 Å². The van der Waals surface area contributed by atoms with E-state index in [1.165, 1.54) is 0 Å². The quantitative estimate of drug-likeness (QED) is 0.444. The highest BCUT2D eigenvalue weighted by Gasteiger charge is 2.37. The van der Waals surface area contributed by atoms with Crippen LogP contribution in [0.4, 0.5) is 0 Å². The Kier molecular flexibility index (Phi) is 5.23.